The summed E-state index contributed by atoms with van der Waals surface area (Å²) in [6.45, 7) is 0. The minimum Gasteiger partial charge on any atom is -0.398 e. The number of hydrogen-bond acceptors (Lipinski definition) is 2. The number of rotatable bonds is 1. The first-order chi connectivity index (χ1) is 8.44. The molecule has 18 heavy (non-hydrogen) atoms. The second-order valence-electron chi connectivity index (χ2n) is 3.52. The third kappa shape index (κ3) is 3.67. The fourth-order valence-electron chi connectivity index (χ4n) is 1.52. The lowest BCUT2D eigenvalue weighted by Crippen LogP contribution is -2.21. The van der Waals surface area contributed by atoms with Crippen LogP contribution in [0.3, 0.4) is 0 Å². The molecule has 0 aliphatic heterocycles. The molecule has 0 unspecified atom stereocenters. The van der Waals surface area contributed by atoms with Gasteiger partial charge in [0.15, 0.2) is 0 Å². The first-order valence-electron chi connectivity index (χ1n) is 4.99. The van der Waals surface area contributed by atoms with Crippen LogP contribution in [0.4, 0.5) is 10.5 Å². The van der Waals surface area contributed by atoms with Crippen molar-refractivity contribution < 1.29 is 9.53 Å². The fraction of sp³-hybridized carbons (Fsp3) is 0.0833. The molecule has 3 nitrogen and oxygen atoms in total. The number of hydrogen-bond donors (Lipinski definition) is 1. The zero-order valence-corrected chi connectivity index (χ0v) is 11.3. The Hall–Kier alpha value is -1.16. The largest absolute Gasteiger partial charge is 0.415 e. The lowest BCUT2D eigenvalue weighted by atomic mass is 10.1. The maximum atomic E-state index is 11.4. The Kier molecular flexibility index (Phi) is 3.85. The van der Waals surface area contributed by atoms with E-state index in [9.17, 15) is 4.79 Å². The quantitative estimate of drug-likeness (QED) is 0.774. The van der Waals surface area contributed by atoms with Gasteiger partial charge in [0.05, 0.1) is 0 Å². The van der Waals surface area contributed by atoms with Gasteiger partial charge in [-0.25, -0.2) is 4.79 Å². The molecule has 0 radical (unpaired) electrons. The van der Waals surface area contributed by atoms with Gasteiger partial charge in [-0.2, -0.15) is 0 Å². The van der Waals surface area contributed by atoms with E-state index in [4.69, 9.17) is 34.8 Å². The van der Waals surface area contributed by atoms with Gasteiger partial charge in [-0.05, 0) is 57.7 Å². The molecule has 0 heterocycles. The van der Waals surface area contributed by atoms with Crippen molar-refractivity contribution in [3.63, 3.8) is 0 Å². The van der Waals surface area contributed by atoms with E-state index in [1.54, 1.807) is 12.1 Å². The van der Waals surface area contributed by atoms with Crippen molar-refractivity contribution >= 4 is 57.4 Å². The van der Waals surface area contributed by atoms with Crippen LogP contribution in [0.5, 0.6) is 0 Å². The molecule has 0 atom stereocenters. The number of ether oxygens (including phenoxy) is 1. The van der Waals surface area contributed by atoms with E-state index >= 15 is 0 Å². The molecule has 2 rings (SSSR count). The summed E-state index contributed by atoms with van der Waals surface area (Å²) >= 11 is 16.0. The second-order valence-corrected chi connectivity index (χ2v) is 5.70. The maximum Gasteiger partial charge on any atom is 0.415 e. The Balaban J connectivity index is 2.15. The highest BCUT2D eigenvalue weighted by atomic mass is 35.6. The molecule has 0 spiro atoms. The maximum absolute atomic E-state index is 11.4. The molecule has 94 valence electrons. The van der Waals surface area contributed by atoms with Crippen LogP contribution in [0.25, 0.3) is 10.8 Å². The molecular formula is C12H8Cl3NO2. The summed E-state index contributed by atoms with van der Waals surface area (Å²) in [5.74, 6) is 0. The van der Waals surface area contributed by atoms with Gasteiger partial charge in [0.2, 0.25) is 0 Å². The molecule has 0 saturated carbocycles. The minimum atomic E-state index is -2.07. The number of benzene rings is 2. The van der Waals surface area contributed by atoms with Crippen molar-refractivity contribution in [3.05, 3.63) is 42.5 Å². The number of carbonyl (C=O) groups is 1. The Morgan fingerprint density at radius 3 is 2.39 bits per heavy atom. The van der Waals surface area contributed by atoms with E-state index in [0.29, 0.717) is 5.69 Å². The second kappa shape index (κ2) is 5.22. The van der Waals surface area contributed by atoms with Crippen molar-refractivity contribution in [1.82, 2.24) is 0 Å². The van der Waals surface area contributed by atoms with Crippen LogP contribution in [0.2, 0.25) is 0 Å². The number of nitrogens with one attached hydrogen (secondary N) is 1. The summed E-state index contributed by atoms with van der Waals surface area (Å²) < 4.78 is 2.43. The van der Waals surface area contributed by atoms with E-state index in [1.807, 2.05) is 30.3 Å². The SMILES string of the molecule is O=C(Nc1ccc2ccccc2c1)OC(Cl)(Cl)Cl. The first-order valence-corrected chi connectivity index (χ1v) is 6.13. The van der Waals surface area contributed by atoms with Gasteiger partial charge in [-0.15, -0.1) is 0 Å². The summed E-state index contributed by atoms with van der Waals surface area (Å²) in [7, 11) is 0. The van der Waals surface area contributed by atoms with Gasteiger partial charge in [0.1, 0.15) is 0 Å². The number of alkyl halides is 3. The van der Waals surface area contributed by atoms with Gasteiger partial charge in [-0.1, -0.05) is 30.3 Å². The first kappa shape index (κ1) is 13.3. The average molecular weight is 305 g/mol. The third-order valence-corrected chi connectivity index (χ3v) is 2.44. The summed E-state index contributed by atoms with van der Waals surface area (Å²) in [5, 5.41) is 4.53. The van der Waals surface area contributed by atoms with Crippen LogP contribution in [0, 0.1) is 0 Å². The highest BCUT2D eigenvalue weighted by Gasteiger charge is 2.25. The van der Waals surface area contributed by atoms with Crippen LogP contribution >= 0.6 is 34.8 Å². The lowest BCUT2D eigenvalue weighted by Gasteiger charge is -2.12. The Bertz CT molecular complexity index is 581. The number of fused-ring (bicyclic) bond motifs is 1. The number of amides is 1. The summed E-state index contributed by atoms with van der Waals surface area (Å²) in [4.78, 5) is 11.4. The van der Waals surface area contributed by atoms with Crippen LogP contribution in [-0.4, -0.2) is 10.1 Å². The highest BCUT2D eigenvalue weighted by Crippen LogP contribution is 2.28. The molecule has 2 aromatic rings. The zero-order chi connectivity index (χ0) is 13.2. The predicted octanol–water partition coefficient (Wildman–Crippen LogP) is 4.72. The fourth-order valence-corrected chi connectivity index (χ4v) is 1.73. The van der Waals surface area contributed by atoms with Gasteiger partial charge in [-0.3, -0.25) is 5.32 Å². The standard InChI is InChI=1S/C12H8Cl3NO2/c13-12(14,15)18-11(17)16-10-6-5-8-3-1-2-4-9(8)7-10/h1-7H,(H,16,17). The van der Waals surface area contributed by atoms with Crippen molar-refractivity contribution in [1.29, 1.82) is 0 Å². The lowest BCUT2D eigenvalue weighted by molar-refractivity contribution is 0.160. The third-order valence-electron chi connectivity index (χ3n) is 2.20. The predicted molar refractivity (Wildman–Crippen MR) is 74.3 cm³/mol. The molecule has 1 amide bonds. The van der Waals surface area contributed by atoms with E-state index in [0.717, 1.165) is 10.8 Å². The molecule has 0 aliphatic carbocycles. The number of halogens is 3. The Morgan fingerprint density at radius 2 is 1.72 bits per heavy atom. The Labute approximate surface area is 119 Å². The number of anilines is 1. The van der Waals surface area contributed by atoms with E-state index in [1.165, 1.54) is 0 Å². The van der Waals surface area contributed by atoms with Crippen molar-refractivity contribution in [2.75, 3.05) is 5.32 Å². The zero-order valence-electron chi connectivity index (χ0n) is 8.99. The van der Waals surface area contributed by atoms with E-state index < -0.39 is 10.1 Å². The summed E-state index contributed by atoms with van der Waals surface area (Å²) in [5.41, 5.74) is 0.563. The molecule has 0 saturated heterocycles. The molecule has 0 aliphatic rings. The molecule has 2 aromatic carbocycles. The average Bonchev–Trinajstić information content (AvgIpc) is 2.26. The van der Waals surface area contributed by atoms with Gasteiger partial charge >= 0.3 is 10.1 Å². The van der Waals surface area contributed by atoms with Crippen LogP contribution < -0.4 is 5.32 Å². The molecular weight excluding hydrogens is 296 g/mol. The van der Waals surface area contributed by atoms with Crippen LogP contribution in [-0.2, 0) is 4.74 Å². The van der Waals surface area contributed by atoms with Crippen molar-refractivity contribution in [2.45, 2.75) is 3.98 Å². The van der Waals surface area contributed by atoms with Gasteiger partial charge in [0, 0.05) is 5.69 Å². The molecule has 1 N–H and O–H groups in total. The van der Waals surface area contributed by atoms with E-state index in [-0.39, 0.29) is 0 Å². The van der Waals surface area contributed by atoms with Crippen LogP contribution in [0.1, 0.15) is 0 Å². The van der Waals surface area contributed by atoms with Crippen LogP contribution in [0.15, 0.2) is 42.5 Å². The monoisotopic (exact) mass is 303 g/mol. The molecule has 0 fully saturated rings. The molecule has 0 aromatic heterocycles. The normalized spacial score (nSPS) is 11.3. The molecule has 6 heteroatoms. The minimum absolute atomic E-state index is 0.563. The van der Waals surface area contributed by atoms with Gasteiger partial charge in [0.25, 0.3) is 0 Å². The van der Waals surface area contributed by atoms with Crippen molar-refractivity contribution in [3.8, 4) is 0 Å². The summed E-state index contributed by atoms with van der Waals surface area (Å²) in [6, 6.07) is 13.2. The molecule has 0 bridgehead atoms. The summed E-state index contributed by atoms with van der Waals surface area (Å²) in [6.07, 6.45) is -0.828. The van der Waals surface area contributed by atoms with Gasteiger partial charge < -0.3 is 4.74 Å². The Morgan fingerprint density at radius 1 is 1.06 bits per heavy atom. The number of carbonyl (C=O) groups excluding carboxylic acids is 1. The van der Waals surface area contributed by atoms with Crippen molar-refractivity contribution in [2.24, 2.45) is 0 Å². The topological polar surface area (TPSA) is 38.3 Å². The van der Waals surface area contributed by atoms with E-state index in [2.05, 4.69) is 10.1 Å². The highest BCUT2D eigenvalue weighted by molar-refractivity contribution is 6.66. The smallest absolute Gasteiger partial charge is 0.398 e.